The summed E-state index contributed by atoms with van der Waals surface area (Å²) in [5.74, 6) is -11.8. The number of nitrogens with zero attached hydrogens (tertiary/aromatic N) is 6. The van der Waals surface area contributed by atoms with Gasteiger partial charge in [0.15, 0.2) is 21.3 Å². The van der Waals surface area contributed by atoms with Gasteiger partial charge in [0.05, 0.1) is 58.5 Å². The Kier molecular flexibility index (Phi) is 17.9. The fraction of sp³-hybridized carbons (Fsp3) is 0.489. The molecule has 0 saturated heterocycles. The molecule has 0 spiro atoms. The van der Waals surface area contributed by atoms with Crippen LogP contribution in [0.25, 0.3) is 22.0 Å². The van der Waals surface area contributed by atoms with Gasteiger partial charge < -0.3 is 24.6 Å². The van der Waals surface area contributed by atoms with Crippen molar-refractivity contribution in [2.45, 2.75) is 95.0 Å². The van der Waals surface area contributed by atoms with Crippen LogP contribution in [0.5, 0.6) is 0 Å². The van der Waals surface area contributed by atoms with E-state index < -0.39 is 183 Å². The Bertz CT molecular complexity index is 3370. The summed E-state index contributed by atoms with van der Waals surface area (Å²) < 4.78 is 225. The normalized spacial score (nSPS) is 16.6. The Morgan fingerprint density at radius 1 is 0.910 bits per heavy atom. The number of rotatable bonds is 21. The van der Waals surface area contributed by atoms with Crippen molar-refractivity contribution < 1.29 is 98.7 Å². The van der Waals surface area contributed by atoms with Crippen LogP contribution in [0.15, 0.2) is 42.5 Å². The molecular weight excluding hydrogens is 1150 g/mol. The average Bonchev–Trinajstić information content (AvgIpc) is 3.89. The summed E-state index contributed by atoms with van der Waals surface area (Å²) in [7, 11) is -13.6. The Hall–Kier alpha value is -5.43. The highest BCUT2D eigenvalue weighted by atomic mass is 35.5. The van der Waals surface area contributed by atoms with E-state index in [1.54, 1.807) is 0 Å². The molecule has 2 aromatic carbocycles. The monoisotopic (exact) mass is 1200 g/mol. The zero-order chi connectivity index (χ0) is 58.5. The maximum Gasteiger partial charge on any atom is 0.469 e. The molecule has 0 saturated carbocycles. The van der Waals surface area contributed by atoms with Crippen molar-refractivity contribution in [3.63, 3.8) is 0 Å². The van der Waals surface area contributed by atoms with Crippen LogP contribution in [-0.2, 0) is 81.2 Å². The van der Waals surface area contributed by atoms with Crippen molar-refractivity contribution in [2.24, 2.45) is 5.92 Å². The molecule has 33 heteroatoms. The van der Waals surface area contributed by atoms with E-state index in [-0.39, 0.29) is 48.9 Å². The Morgan fingerprint density at radius 2 is 1.53 bits per heavy atom. The number of pyridine rings is 1. The molecule has 3 aromatic heterocycles. The number of alkyl halides is 8. The standard InChI is InChI=1S/C45H49ClF10N7O12PS2/c1-23-24(2)44(52,53)39-34(23)38(45(54,55)56)59-61(39)21-33(64)58-32(19-25-17-26(47)20-27(48)18-25)36-29(8-7-28(57-36)11-12-42(3,4)77(5,69)70)30-9-10-31(46)35-37(30)62(22-43(49,50)51)60-40(35)63(78(6,71)72)41(65)74-15-13-73-14-16-75-76(66,67)68/h7-10,17-18,20,23-24,32H,11-16,19,21-22H2,1-6H3,(H,58,64)(H2,66,67,68)/t23-,24+,32-/m0/s1. The minimum Gasteiger partial charge on any atom is -0.446 e. The van der Waals surface area contributed by atoms with E-state index in [0.29, 0.717) is 12.3 Å². The summed E-state index contributed by atoms with van der Waals surface area (Å²) in [5, 5.41) is 8.51. The van der Waals surface area contributed by atoms with Crippen molar-refractivity contribution in [3.8, 4) is 11.1 Å². The summed E-state index contributed by atoms with van der Waals surface area (Å²) in [6.45, 7) is -0.870. The van der Waals surface area contributed by atoms with E-state index in [1.807, 2.05) is 0 Å². The van der Waals surface area contributed by atoms with Crippen molar-refractivity contribution in [1.29, 1.82) is 0 Å². The second kappa shape index (κ2) is 22.6. The quantitative estimate of drug-likeness (QED) is 0.0354. The van der Waals surface area contributed by atoms with Crippen LogP contribution in [0.3, 0.4) is 0 Å². The molecule has 6 rings (SSSR count). The van der Waals surface area contributed by atoms with Gasteiger partial charge in [-0.15, -0.1) is 0 Å². The summed E-state index contributed by atoms with van der Waals surface area (Å²) in [5.41, 5.74) is -5.81. The van der Waals surface area contributed by atoms with Gasteiger partial charge in [-0.05, 0) is 68.9 Å². The highest BCUT2D eigenvalue weighted by Crippen LogP contribution is 2.55. The second-order valence-electron chi connectivity index (χ2n) is 18.8. The first kappa shape index (κ1) is 61.8. The zero-order valence-corrected chi connectivity index (χ0v) is 45.0. The lowest BCUT2D eigenvalue weighted by molar-refractivity contribution is -0.143. The third-order valence-corrected chi connectivity index (χ3v) is 16.7. The van der Waals surface area contributed by atoms with E-state index in [4.69, 9.17) is 30.9 Å². The predicted molar refractivity (Wildman–Crippen MR) is 258 cm³/mol. The van der Waals surface area contributed by atoms with Gasteiger partial charge in [0.1, 0.15) is 37.0 Å². The van der Waals surface area contributed by atoms with Crippen molar-refractivity contribution in [2.75, 3.05) is 43.2 Å². The van der Waals surface area contributed by atoms with Crippen LogP contribution < -0.4 is 9.62 Å². The molecule has 5 aromatic rings. The van der Waals surface area contributed by atoms with Gasteiger partial charge in [-0.25, -0.2) is 35.0 Å². The maximum atomic E-state index is 15.8. The van der Waals surface area contributed by atoms with Crippen molar-refractivity contribution in [1.82, 2.24) is 29.9 Å². The van der Waals surface area contributed by atoms with E-state index >= 15 is 8.78 Å². The van der Waals surface area contributed by atoms with Crippen LogP contribution in [0, 0.1) is 17.6 Å². The lowest BCUT2D eigenvalue weighted by atomic mass is 9.93. The number of phosphoric ester groups is 1. The molecule has 3 atom stereocenters. The summed E-state index contributed by atoms with van der Waals surface area (Å²) in [4.78, 5) is 50.2. The fourth-order valence-electron chi connectivity index (χ4n) is 8.53. The van der Waals surface area contributed by atoms with Crippen LogP contribution in [0.4, 0.5) is 54.5 Å². The Morgan fingerprint density at radius 3 is 2.10 bits per heavy atom. The first-order chi connectivity index (χ1) is 35.7. The maximum absolute atomic E-state index is 15.8. The van der Waals surface area contributed by atoms with Gasteiger partial charge in [-0.1, -0.05) is 37.6 Å². The molecule has 0 unspecified atom stereocenters. The number of ether oxygens (including phenoxy) is 2. The van der Waals surface area contributed by atoms with Gasteiger partial charge in [0.25, 0.3) is 5.92 Å². The number of phosphoric acid groups is 1. The molecular formula is C45H49ClF10N7O12PS2. The second-order valence-corrected chi connectivity index (χ2v) is 25.0. The largest absolute Gasteiger partial charge is 0.469 e. The number of hydrogen-bond acceptors (Lipinski definition) is 13. The van der Waals surface area contributed by atoms with Crippen molar-refractivity contribution in [3.05, 3.63) is 93.0 Å². The number of hydrogen-bond donors (Lipinski definition) is 3. The Balaban J connectivity index is 1.57. The summed E-state index contributed by atoms with van der Waals surface area (Å²) >= 11 is 6.63. The molecule has 0 bridgehead atoms. The van der Waals surface area contributed by atoms with Crippen LogP contribution >= 0.6 is 19.4 Å². The summed E-state index contributed by atoms with van der Waals surface area (Å²) in [6, 6.07) is 4.89. The zero-order valence-electron chi connectivity index (χ0n) is 41.7. The average molecular weight is 1200 g/mol. The number of sulfonamides is 1. The minimum absolute atomic E-state index is 0.0106. The van der Waals surface area contributed by atoms with Crippen LogP contribution in [0.1, 0.15) is 80.0 Å². The van der Waals surface area contributed by atoms with Gasteiger partial charge in [0.2, 0.25) is 15.9 Å². The van der Waals surface area contributed by atoms with Gasteiger partial charge in [-0.3, -0.25) is 23.7 Å². The number of carbonyl (C=O) groups is 2. The smallest absolute Gasteiger partial charge is 0.446 e. The van der Waals surface area contributed by atoms with Crippen molar-refractivity contribution >= 4 is 68.0 Å². The number of anilines is 1. The molecule has 1 aliphatic rings. The molecule has 0 aliphatic heterocycles. The van der Waals surface area contributed by atoms with Gasteiger partial charge >= 0.3 is 26.3 Å². The molecule has 19 nitrogen and oxygen atoms in total. The number of amides is 2. The van der Waals surface area contributed by atoms with E-state index in [2.05, 4.69) is 25.0 Å². The highest BCUT2D eigenvalue weighted by Gasteiger charge is 2.57. The summed E-state index contributed by atoms with van der Waals surface area (Å²) in [6.07, 6.45) is -11.9. The number of fused-ring (bicyclic) bond motifs is 2. The molecule has 0 radical (unpaired) electrons. The predicted octanol–water partition coefficient (Wildman–Crippen LogP) is 8.54. The van der Waals surface area contributed by atoms with Gasteiger partial charge in [-0.2, -0.15) is 49.6 Å². The van der Waals surface area contributed by atoms with E-state index in [1.165, 1.54) is 26.0 Å². The van der Waals surface area contributed by atoms with E-state index in [9.17, 15) is 66.1 Å². The lowest BCUT2D eigenvalue weighted by Crippen LogP contribution is -2.37. The van der Waals surface area contributed by atoms with E-state index in [0.717, 1.165) is 44.4 Å². The molecule has 3 N–H and O–H groups in total. The van der Waals surface area contributed by atoms with Crippen LogP contribution in [-0.4, -0.2) is 113 Å². The number of aryl methyl sites for hydroxylation is 1. The third-order valence-electron chi connectivity index (χ3n) is 12.7. The number of carbonyl (C=O) groups excluding carboxylic acids is 2. The molecule has 78 heavy (non-hydrogen) atoms. The number of nitrogens with one attached hydrogen (secondary N) is 1. The lowest BCUT2D eigenvalue weighted by Gasteiger charge is -2.25. The minimum atomic E-state index is -5.28. The topological polar surface area (TPSA) is 251 Å². The molecule has 2 amide bonds. The first-order valence-corrected chi connectivity index (χ1v) is 28.6. The molecule has 430 valence electrons. The molecule has 3 heterocycles. The highest BCUT2D eigenvalue weighted by molar-refractivity contribution is 7.92. The SMILES string of the molecule is C[C@@H]1c2c(C(F)(F)F)nn(CC(=O)N[C@@H](Cc3cc(F)cc(F)c3)c3nc(CCC(C)(C)S(C)(=O)=O)ccc3-c3ccc(Cl)c4c(N(C(=O)OCCOCCOP(=O)(O)O)S(C)(=O)=O)nn(CC(F)(F)F)c34)c2C(F)(F)[C@@H]1C. The number of aromatic nitrogens is 5. The fourth-order valence-corrected chi connectivity index (χ4v) is 10.3. The number of benzene rings is 2. The Labute approximate surface area is 443 Å². The number of halogens is 11. The van der Waals surface area contributed by atoms with Crippen LogP contribution in [0.2, 0.25) is 5.02 Å². The molecule has 1 aliphatic carbocycles. The number of sulfone groups is 1. The first-order valence-electron chi connectivity index (χ1n) is 22.9. The van der Waals surface area contributed by atoms with Gasteiger partial charge in [0, 0.05) is 40.6 Å². The third kappa shape index (κ3) is 14.1. The molecule has 0 fully saturated rings.